The third-order valence-corrected chi connectivity index (χ3v) is 9.89. The van der Waals surface area contributed by atoms with Crippen molar-refractivity contribution >= 4 is 14.1 Å². The maximum Gasteiger partial charge on any atom is 0.192 e. The Morgan fingerprint density at radius 2 is 1.79 bits per heavy atom. The molecule has 2 nitrogen and oxygen atoms in total. The molecule has 0 heterocycles. The van der Waals surface area contributed by atoms with Gasteiger partial charge in [-0.3, -0.25) is 4.79 Å². The Bertz CT molecular complexity index is 384. The smallest absolute Gasteiger partial charge is 0.192 e. The highest BCUT2D eigenvalue weighted by molar-refractivity contribution is 6.74. The molecule has 0 bridgehead atoms. The fourth-order valence-corrected chi connectivity index (χ4v) is 4.32. The second kappa shape index (κ2) is 4.85. The highest BCUT2D eigenvalue weighted by atomic mass is 28.4. The van der Waals surface area contributed by atoms with Crippen LogP contribution in [0.3, 0.4) is 0 Å². The predicted octanol–water partition coefficient (Wildman–Crippen LogP) is 4.47. The summed E-state index contributed by atoms with van der Waals surface area (Å²) in [4.78, 5) is 12.3. The minimum Gasteiger partial charge on any atom is -0.410 e. The van der Waals surface area contributed by atoms with Gasteiger partial charge in [-0.2, -0.15) is 0 Å². The summed E-state index contributed by atoms with van der Waals surface area (Å²) < 4.78 is 6.56. The summed E-state index contributed by atoms with van der Waals surface area (Å²) in [5.74, 6) is 0.316. The van der Waals surface area contributed by atoms with Gasteiger partial charge in [0.1, 0.15) is 0 Å². The first-order valence-electron chi connectivity index (χ1n) is 7.60. The predicted molar refractivity (Wildman–Crippen MR) is 81.7 cm³/mol. The van der Waals surface area contributed by atoms with Gasteiger partial charge in [0.05, 0.1) is 11.5 Å². The third kappa shape index (κ3) is 2.59. The van der Waals surface area contributed by atoms with Crippen LogP contribution in [0.5, 0.6) is 0 Å². The second-order valence-corrected chi connectivity index (χ2v) is 12.5. The fourth-order valence-electron chi connectivity index (χ4n) is 3.03. The van der Waals surface area contributed by atoms with E-state index in [1.54, 1.807) is 6.08 Å². The molecule has 108 valence electrons. The molecular formula is C16H28O2Si. The molecule has 1 spiro atoms. The average Bonchev–Trinajstić information content (AvgIpc) is 2.58. The van der Waals surface area contributed by atoms with Gasteiger partial charge in [0, 0.05) is 0 Å². The highest BCUT2D eigenvalue weighted by Gasteiger charge is 2.51. The van der Waals surface area contributed by atoms with E-state index >= 15 is 0 Å². The normalized spacial score (nSPS) is 27.2. The Kier molecular flexibility index (Phi) is 3.82. The van der Waals surface area contributed by atoms with Crippen molar-refractivity contribution in [3.8, 4) is 0 Å². The molecule has 2 rings (SSSR count). The number of hydrogen-bond acceptors (Lipinski definition) is 2. The second-order valence-electron chi connectivity index (χ2n) is 7.74. The van der Waals surface area contributed by atoms with E-state index in [-0.39, 0.29) is 16.6 Å². The summed E-state index contributed by atoms with van der Waals surface area (Å²) in [6, 6.07) is 0. The van der Waals surface area contributed by atoms with Crippen LogP contribution in [-0.2, 0) is 9.22 Å². The molecule has 1 fully saturated rings. The molecule has 1 atom stereocenters. The Labute approximate surface area is 118 Å². The van der Waals surface area contributed by atoms with E-state index in [2.05, 4.69) is 33.9 Å². The SMILES string of the molecule is CC(C)(C)[Si](C)(C)OC1C=CC(=O)C12CCCCC2. The van der Waals surface area contributed by atoms with Gasteiger partial charge in [0.2, 0.25) is 0 Å². The van der Waals surface area contributed by atoms with E-state index in [0.717, 1.165) is 12.8 Å². The molecule has 2 aliphatic carbocycles. The Morgan fingerprint density at radius 1 is 1.21 bits per heavy atom. The van der Waals surface area contributed by atoms with Crippen LogP contribution in [-0.4, -0.2) is 20.2 Å². The van der Waals surface area contributed by atoms with E-state index in [9.17, 15) is 4.79 Å². The van der Waals surface area contributed by atoms with Crippen LogP contribution in [0.15, 0.2) is 12.2 Å². The first-order chi connectivity index (χ1) is 8.69. The molecule has 3 heteroatoms. The lowest BCUT2D eigenvalue weighted by molar-refractivity contribution is -0.128. The van der Waals surface area contributed by atoms with Crippen molar-refractivity contribution in [2.24, 2.45) is 5.41 Å². The number of carbonyl (C=O) groups excluding carboxylic acids is 1. The first-order valence-corrected chi connectivity index (χ1v) is 10.5. The first kappa shape index (κ1) is 15.0. The van der Waals surface area contributed by atoms with Gasteiger partial charge in [0.15, 0.2) is 14.1 Å². The van der Waals surface area contributed by atoms with Crippen LogP contribution in [0, 0.1) is 5.41 Å². The van der Waals surface area contributed by atoms with Crippen LogP contribution in [0.2, 0.25) is 18.1 Å². The van der Waals surface area contributed by atoms with Crippen LogP contribution in [0.25, 0.3) is 0 Å². The Morgan fingerprint density at radius 3 is 2.32 bits per heavy atom. The molecular weight excluding hydrogens is 252 g/mol. The molecule has 0 radical (unpaired) electrons. The maximum atomic E-state index is 12.3. The monoisotopic (exact) mass is 280 g/mol. The van der Waals surface area contributed by atoms with Crippen molar-refractivity contribution in [2.45, 2.75) is 77.1 Å². The van der Waals surface area contributed by atoms with Crippen LogP contribution >= 0.6 is 0 Å². The number of ketones is 1. The van der Waals surface area contributed by atoms with E-state index in [1.807, 2.05) is 6.08 Å². The summed E-state index contributed by atoms with van der Waals surface area (Å²) in [6.45, 7) is 11.3. The molecule has 0 aliphatic heterocycles. The fraction of sp³-hybridized carbons (Fsp3) is 0.812. The van der Waals surface area contributed by atoms with Gasteiger partial charge < -0.3 is 4.43 Å². The summed E-state index contributed by atoms with van der Waals surface area (Å²) in [7, 11) is -1.81. The van der Waals surface area contributed by atoms with E-state index < -0.39 is 8.32 Å². The maximum absolute atomic E-state index is 12.3. The van der Waals surface area contributed by atoms with Gasteiger partial charge in [-0.25, -0.2) is 0 Å². The van der Waals surface area contributed by atoms with Crippen molar-refractivity contribution < 1.29 is 9.22 Å². The van der Waals surface area contributed by atoms with Gasteiger partial charge in [-0.05, 0) is 37.0 Å². The Hall–Kier alpha value is -0.413. The Balaban J connectivity index is 2.20. The number of rotatable bonds is 2. The van der Waals surface area contributed by atoms with E-state index in [1.165, 1.54) is 19.3 Å². The third-order valence-electron chi connectivity index (χ3n) is 5.43. The van der Waals surface area contributed by atoms with Gasteiger partial charge in [-0.15, -0.1) is 0 Å². The van der Waals surface area contributed by atoms with E-state index in [0.29, 0.717) is 5.78 Å². The zero-order valence-corrected chi connectivity index (χ0v) is 14.1. The minimum absolute atomic E-state index is 0.0289. The number of allylic oxidation sites excluding steroid dienone is 1. The standard InChI is InChI=1S/C16H28O2Si/c1-15(2,3)19(4,5)18-14-10-9-13(17)16(14)11-7-6-8-12-16/h9-10,14H,6-8,11-12H2,1-5H3. The molecule has 1 unspecified atom stereocenters. The zero-order valence-electron chi connectivity index (χ0n) is 13.1. The molecule has 0 aromatic carbocycles. The summed E-state index contributed by atoms with van der Waals surface area (Å²) in [6.07, 6.45) is 9.48. The zero-order chi connectivity index (χ0) is 14.3. The summed E-state index contributed by atoms with van der Waals surface area (Å²) in [5, 5.41) is 0.197. The van der Waals surface area contributed by atoms with Crippen LogP contribution in [0.4, 0.5) is 0 Å². The van der Waals surface area contributed by atoms with Gasteiger partial charge in [0.25, 0.3) is 0 Å². The van der Waals surface area contributed by atoms with Crippen molar-refractivity contribution in [3.63, 3.8) is 0 Å². The molecule has 2 aliphatic rings. The van der Waals surface area contributed by atoms with Gasteiger partial charge in [-0.1, -0.05) is 46.1 Å². The quantitative estimate of drug-likeness (QED) is 0.698. The molecule has 0 saturated heterocycles. The number of carbonyl (C=O) groups is 1. The van der Waals surface area contributed by atoms with Crippen molar-refractivity contribution in [1.29, 1.82) is 0 Å². The molecule has 0 amide bonds. The topological polar surface area (TPSA) is 26.3 Å². The molecule has 0 N–H and O–H groups in total. The lowest BCUT2D eigenvalue weighted by atomic mass is 9.70. The lowest BCUT2D eigenvalue weighted by Crippen LogP contribution is -2.49. The summed E-state index contributed by atoms with van der Waals surface area (Å²) in [5.41, 5.74) is -0.215. The van der Waals surface area contributed by atoms with Crippen molar-refractivity contribution in [2.75, 3.05) is 0 Å². The largest absolute Gasteiger partial charge is 0.410 e. The molecule has 1 saturated carbocycles. The van der Waals surface area contributed by atoms with Gasteiger partial charge >= 0.3 is 0 Å². The minimum atomic E-state index is -1.81. The van der Waals surface area contributed by atoms with Crippen LogP contribution in [0.1, 0.15) is 52.9 Å². The van der Waals surface area contributed by atoms with Crippen molar-refractivity contribution in [3.05, 3.63) is 12.2 Å². The molecule has 0 aromatic heterocycles. The molecule has 0 aromatic rings. The van der Waals surface area contributed by atoms with E-state index in [4.69, 9.17) is 4.43 Å². The highest BCUT2D eigenvalue weighted by Crippen LogP contribution is 2.48. The lowest BCUT2D eigenvalue weighted by Gasteiger charge is -2.44. The summed E-state index contributed by atoms with van der Waals surface area (Å²) >= 11 is 0. The number of hydrogen-bond donors (Lipinski definition) is 0. The van der Waals surface area contributed by atoms with Crippen molar-refractivity contribution in [1.82, 2.24) is 0 Å². The van der Waals surface area contributed by atoms with Crippen LogP contribution < -0.4 is 0 Å². The average molecular weight is 280 g/mol. The molecule has 19 heavy (non-hydrogen) atoms.